The molecule has 2 aliphatic carbocycles. The molecule has 6 aliphatic rings. The number of benzene rings is 2. The van der Waals surface area contributed by atoms with Crippen molar-refractivity contribution in [3.63, 3.8) is 0 Å². The molecule has 2 aromatic carbocycles. The van der Waals surface area contributed by atoms with E-state index in [-0.39, 0.29) is 29.9 Å². The van der Waals surface area contributed by atoms with E-state index >= 15 is 0 Å². The molecule has 17 heteroatoms. The summed E-state index contributed by atoms with van der Waals surface area (Å²) in [5.74, 6) is 3.32. The van der Waals surface area contributed by atoms with Gasteiger partial charge in [0.25, 0.3) is 11.8 Å². The van der Waals surface area contributed by atoms with Gasteiger partial charge in [0, 0.05) is 36.2 Å². The lowest BCUT2D eigenvalue weighted by Crippen LogP contribution is -2.51. The van der Waals surface area contributed by atoms with Crippen molar-refractivity contribution in [2.75, 3.05) is 29.6 Å². The smallest absolute Gasteiger partial charge is 0.266 e. The number of halogens is 1. The van der Waals surface area contributed by atoms with E-state index in [2.05, 4.69) is 64.8 Å². The van der Waals surface area contributed by atoms with Crippen LogP contribution < -0.4 is 9.80 Å². The van der Waals surface area contributed by atoms with Crippen molar-refractivity contribution in [2.45, 2.75) is 119 Å². The monoisotopic (exact) mass is 962 g/mol. The largest absolute Gasteiger partial charge is 0.289 e. The van der Waals surface area contributed by atoms with Gasteiger partial charge in [-0.15, -0.1) is 23.5 Å². The molecule has 0 bridgehead atoms. The van der Waals surface area contributed by atoms with E-state index < -0.39 is 5.95 Å². The highest BCUT2D eigenvalue weighted by molar-refractivity contribution is 8.00. The Kier molecular flexibility index (Phi) is 11.9. The van der Waals surface area contributed by atoms with Gasteiger partial charge >= 0.3 is 0 Å². The van der Waals surface area contributed by atoms with Gasteiger partial charge in [-0.3, -0.25) is 43.5 Å². The van der Waals surface area contributed by atoms with E-state index in [1.54, 1.807) is 45.5 Å². The second kappa shape index (κ2) is 18.2. The van der Waals surface area contributed by atoms with Crippen molar-refractivity contribution in [3.8, 4) is 22.5 Å². The third-order valence-electron chi connectivity index (χ3n) is 13.8. The number of carbonyl (C=O) groups is 2. The molecule has 2 fully saturated rings. The summed E-state index contributed by atoms with van der Waals surface area (Å²) in [6, 6.07) is 28.4. The highest BCUT2D eigenvalue weighted by Gasteiger charge is 2.51. The van der Waals surface area contributed by atoms with Crippen LogP contribution in [0.3, 0.4) is 0 Å². The van der Waals surface area contributed by atoms with Crippen LogP contribution in [-0.2, 0) is 13.1 Å². The molecule has 6 aromatic rings. The standard InChI is InChI=1S/C27H30N6OS.C25H25FN6OS/c1-16(2)35-26-23-24(33-22-10-6-9-21(22)29-27(33)31(4)25(23)34)30-32(26)15-18-11-13-19(14-12-18)20-8-5-7-17(3)28-20;1-3-34-24-21-22(32-19-8-4-7-18(19)28-25(32)30(2)23(21)33)29-31(24)14-15-10-12-16(13-11-15)17-6-5-9-20(26)27-17/h5,7-8,11-14,16,21-22H,6,9-10,15H2,1-4H3;5-6,9-13,18-19H,3-4,7-8,14H2,1-2H3/t21-,22+;18-,19+/m11/s1. The zero-order valence-corrected chi connectivity index (χ0v) is 41.3. The van der Waals surface area contributed by atoms with E-state index in [9.17, 15) is 14.0 Å². The number of nitrogens with zero attached hydrogens (tertiary/aromatic N) is 12. The number of hydrogen-bond donors (Lipinski definition) is 0. The average molecular weight is 963 g/mol. The fraction of sp³-hybridized carbons (Fsp3) is 0.385. The summed E-state index contributed by atoms with van der Waals surface area (Å²) < 4.78 is 17.5. The second-order valence-electron chi connectivity index (χ2n) is 18.8. The predicted molar refractivity (Wildman–Crippen MR) is 271 cm³/mol. The lowest BCUT2D eigenvalue weighted by Gasteiger charge is -2.34. The van der Waals surface area contributed by atoms with Crippen LogP contribution >= 0.6 is 23.5 Å². The number of thioether (sulfide) groups is 2. The van der Waals surface area contributed by atoms with Crippen LogP contribution in [0.2, 0.25) is 0 Å². The van der Waals surface area contributed by atoms with Gasteiger partial charge in [-0.2, -0.15) is 14.6 Å². The maximum atomic E-state index is 13.5. The Balaban J connectivity index is 0.000000151. The number of aliphatic imine (C=N–C) groups is 2. The SMILES string of the molecule is CCSc1c2c(nn1Cc1ccc(-c3cccc(F)n3)cc1)N1C(=N[C@@H]3CCC[C@@H]31)N(C)C2=O.Cc1cccc(-c2ccc(Cn3nc4c(c3SC(C)C)C(=O)N(C)C3=N[C@@H]5CCC[C@@H]5N34)cc2)n1. The van der Waals surface area contributed by atoms with Crippen LogP contribution in [0.4, 0.5) is 16.0 Å². The molecule has 69 heavy (non-hydrogen) atoms. The number of amides is 2. The van der Waals surface area contributed by atoms with Gasteiger partial charge in [-0.05, 0) is 86.6 Å². The average Bonchev–Trinajstić information content (AvgIpc) is 4.21. The molecular formula is C52H55FN12O2S2. The summed E-state index contributed by atoms with van der Waals surface area (Å²) in [7, 11) is 3.66. The molecule has 14 nitrogen and oxygen atoms in total. The van der Waals surface area contributed by atoms with Gasteiger partial charge in [-0.1, -0.05) is 81.4 Å². The Morgan fingerprint density at radius 3 is 1.64 bits per heavy atom. The molecule has 4 aromatic heterocycles. The first-order valence-corrected chi connectivity index (χ1v) is 25.9. The van der Waals surface area contributed by atoms with Crippen LogP contribution in [0.5, 0.6) is 0 Å². The molecule has 0 N–H and O–H groups in total. The number of anilines is 2. The number of aryl methyl sites for hydroxylation is 1. The molecule has 4 aliphatic heterocycles. The molecule has 0 spiro atoms. The Morgan fingerprint density at radius 2 is 1.14 bits per heavy atom. The second-order valence-corrected chi connectivity index (χ2v) is 21.6. The van der Waals surface area contributed by atoms with Crippen molar-refractivity contribution < 1.29 is 14.0 Å². The highest BCUT2D eigenvalue weighted by atomic mass is 32.2. The molecule has 2 saturated carbocycles. The Morgan fingerprint density at radius 1 is 0.652 bits per heavy atom. The highest BCUT2D eigenvalue weighted by Crippen LogP contribution is 2.45. The maximum Gasteiger partial charge on any atom is 0.266 e. The zero-order chi connectivity index (χ0) is 47.7. The van der Waals surface area contributed by atoms with Gasteiger partial charge in [0.15, 0.2) is 11.6 Å². The van der Waals surface area contributed by atoms with Crippen molar-refractivity contribution in [1.29, 1.82) is 0 Å². The molecule has 0 unspecified atom stereocenters. The Hall–Kier alpha value is -6.33. The van der Waals surface area contributed by atoms with Gasteiger partial charge in [0.1, 0.15) is 21.2 Å². The number of rotatable bonds is 10. The van der Waals surface area contributed by atoms with E-state index in [0.717, 1.165) is 111 Å². The van der Waals surface area contributed by atoms with Crippen LogP contribution in [0.25, 0.3) is 22.5 Å². The summed E-state index contributed by atoms with van der Waals surface area (Å²) in [6.45, 7) is 9.55. The zero-order valence-electron chi connectivity index (χ0n) is 39.7. The lowest BCUT2D eigenvalue weighted by atomic mass is 10.1. The van der Waals surface area contributed by atoms with Crippen molar-refractivity contribution in [2.24, 2.45) is 9.98 Å². The number of aromatic nitrogens is 6. The predicted octanol–water partition coefficient (Wildman–Crippen LogP) is 9.41. The van der Waals surface area contributed by atoms with Gasteiger partial charge in [0.05, 0.1) is 48.6 Å². The molecule has 12 rings (SSSR count). The number of pyridine rings is 2. The first-order chi connectivity index (χ1) is 33.4. The fourth-order valence-electron chi connectivity index (χ4n) is 10.6. The molecule has 8 heterocycles. The lowest BCUT2D eigenvalue weighted by molar-refractivity contribution is 0.0853. The Bertz CT molecular complexity index is 3040. The summed E-state index contributed by atoms with van der Waals surface area (Å²) in [5, 5.41) is 12.2. The first kappa shape index (κ1) is 45.1. The third kappa shape index (κ3) is 8.10. The molecule has 0 saturated heterocycles. The maximum absolute atomic E-state index is 13.5. The molecular weight excluding hydrogens is 908 g/mol. The third-order valence-corrected chi connectivity index (χ3v) is 15.9. The van der Waals surface area contributed by atoms with Gasteiger partial charge in [-0.25, -0.2) is 15.0 Å². The van der Waals surface area contributed by atoms with Gasteiger partial charge < -0.3 is 0 Å². The topological polar surface area (TPSA) is 133 Å². The molecule has 4 atom stereocenters. The van der Waals surface area contributed by atoms with Crippen molar-refractivity contribution in [3.05, 3.63) is 119 Å². The molecule has 0 radical (unpaired) electrons. The number of hydrogen-bond acceptors (Lipinski definition) is 12. The van der Waals surface area contributed by atoms with Gasteiger partial charge in [0.2, 0.25) is 17.9 Å². The molecule has 354 valence electrons. The minimum atomic E-state index is -0.492. The summed E-state index contributed by atoms with van der Waals surface area (Å²) in [4.78, 5) is 53.1. The number of fused-ring (bicyclic) bond motifs is 10. The van der Waals surface area contributed by atoms with Crippen LogP contribution in [-0.4, -0.2) is 112 Å². The summed E-state index contributed by atoms with van der Waals surface area (Å²) >= 11 is 3.35. The number of carbonyl (C=O) groups excluding carboxylic acids is 2. The fourth-order valence-corrected chi connectivity index (χ4v) is 12.4. The van der Waals surface area contributed by atoms with E-state index in [1.165, 1.54) is 12.5 Å². The van der Waals surface area contributed by atoms with E-state index in [1.807, 2.05) is 72.8 Å². The van der Waals surface area contributed by atoms with Crippen LogP contribution in [0.1, 0.15) is 96.8 Å². The minimum absolute atomic E-state index is 0.00903. The van der Waals surface area contributed by atoms with E-state index in [4.69, 9.17) is 20.2 Å². The first-order valence-electron chi connectivity index (χ1n) is 24.0. The van der Waals surface area contributed by atoms with E-state index in [0.29, 0.717) is 35.6 Å². The van der Waals surface area contributed by atoms with Crippen molar-refractivity contribution >= 4 is 58.9 Å². The van der Waals surface area contributed by atoms with Crippen LogP contribution in [0.15, 0.2) is 105 Å². The summed E-state index contributed by atoms with van der Waals surface area (Å²) in [5.41, 5.74) is 8.12. The number of guanidine groups is 2. The minimum Gasteiger partial charge on any atom is -0.289 e. The molecule has 2 amide bonds. The quantitative estimate of drug-likeness (QED) is 0.0966. The summed E-state index contributed by atoms with van der Waals surface area (Å²) in [6.07, 6.45) is 6.63. The van der Waals surface area contributed by atoms with Crippen LogP contribution in [0, 0.1) is 12.9 Å². The normalized spacial score (nSPS) is 20.9. The van der Waals surface area contributed by atoms with Crippen molar-refractivity contribution in [1.82, 2.24) is 39.3 Å². The Labute approximate surface area is 410 Å².